The lowest BCUT2D eigenvalue weighted by molar-refractivity contribution is 0.134. The van der Waals surface area contributed by atoms with E-state index in [2.05, 4.69) is 10.2 Å². The summed E-state index contributed by atoms with van der Waals surface area (Å²) >= 11 is 5.72. The fraction of sp³-hybridized carbons (Fsp3) is 0.333. The molecule has 0 aliphatic carbocycles. The normalized spacial score (nSPS) is 15.3. The zero-order chi connectivity index (χ0) is 6.97. The molecule has 0 spiro atoms. The number of hydrogen-bond acceptors (Lipinski definition) is 3. The van der Waals surface area contributed by atoms with Crippen LogP contribution in [0.5, 0.6) is 0 Å². The van der Waals surface area contributed by atoms with Gasteiger partial charge in [-0.1, -0.05) is 11.6 Å². The van der Waals surface area contributed by atoms with Crippen molar-refractivity contribution in [2.75, 3.05) is 0 Å². The highest BCUT2D eigenvalue weighted by molar-refractivity contribution is 6.30. The molecule has 52 valence electrons. The molecule has 1 aliphatic heterocycles. The maximum atomic E-state index is 5.72. The van der Waals surface area contributed by atoms with Gasteiger partial charge in [-0.15, -0.1) is 5.10 Å². The summed E-state index contributed by atoms with van der Waals surface area (Å²) in [4.78, 5) is 0. The summed E-state index contributed by atoms with van der Waals surface area (Å²) in [5.74, 6) is 0. The third-order valence-electron chi connectivity index (χ3n) is 1.50. The van der Waals surface area contributed by atoms with Crippen molar-refractivity contribution in [2.24, 2.45) is 0 Å². The second-order valence-electron chi connectivity index (χ2n) is 2.13. The first-order valence-electron chi connectivity index (χ1n) is 2.94. The molecule has 0 bridgehead atoms. The minimum absolute atomic E-state index is 0.468. The van der Waals surface area contributed by atoms with Crippen LogP contribution in [0, 0.1) is 0 Å². The monoisotopic (exact) mass is 156 g/mol. The summed E-state index contributed by atoms with van der Waals surface area (Å²) in [5, 5.41) is 7.85. The Morgan fingerprint density at radius 2 is 2.40 bits per heavy atom. The van der Waals surface area contributed by atoms with E-state index in [-0.39, 0.29) is 0 Å². The number of halogens is 1. The molecule has 0 unspecified atom stereocenters. The van der Waals surface area contributed by atoms with Gasteiger partial charge in [-0.25, -0.2) is 0 Å². The summed E-state index contributed by atoms with van der Waals surface area (Å²) in [7, 11) is 0. The van der Waals surface area contributed by atoms with Crippen LogP contribution in [0.1, 0.15) is 11.1 Å². The molecule has 0 radical (unpaired) electrons. The molecule has 3 nitrogen and oxygen atoms in total. The van der Waals surface area contributed by atoms with Crippen LogP contribution in [0.2, 0.25) is 5.15 Å². The van der Waals surface area contributed by atoms with Gasteiger partial charge >= 0.3 is 0 Å². The van der Waals surface area contributed by atoms with E-state index in [0.29, 0.717) is 18.4 Å². The Kier molecular flexibility index (Phi) is 1.32. The van der Waals surface area contributed by atoms with E-state index in [9.17, 15) is 0 Å². The van der Waals surface area contributed by atoms with Gasteiger partial charge in [-0.3, -0.25) is 0 Å². The van der Waals surface area contributed by atoms with E-state index >= 15 is 0 Å². The highest BCUT2D eigenvalue weighted by atomic mass is 35.5. The van der Waals surface area contributed by atoms with Crippen LogP contribution in [0.25, 0.3) is 0 Å². The Balaban J connectivity index is 2.59. The first-order valence-corrected chi connectivity index (χ1v) is 3.32. The minimum Gasteiger partial charge on any atom is -0.372 e. The van der Waals surface area contributed by atoms with Crippen LogP contribution in [0.15, 0.2) is 6.20 Å². The van der Waals surface area contributed by atoms with Crippen molar-refractivity contribution in [1.82, 2.24) is 10.2 Å². The van der Waals surface area contributed by atoms with Gasteiger partial charge in [0.25, 0.3) is 0 Å². The Morgan fingerprint density at radius 3 is 3.20 bits per heavy atom. The van der Waals surface area contributed by atoms with E-state index in [1.54, 1.807) is 6.20 Å². The van der Waals surface area contributed by atoms with E-state index in [0.717, 1.165) is 11.1 Å². The molecule has 0 saturated carbocycles. The molecule has 0 fully saturated rings. The molecule has 2 heterocycles. The van der Waals surface area contributed by atoms with Gasteiger partial charge < -0.3 is 4.74 Å². The van der Waals surface area contributed by atoms with Crippen LogP contribution in [-0.4, -0.2) is 10.2 Å². The largest absolute Gasteiger partial charge is 0.372 e. The second kappa shape index (κ2) is 2.18. The number of hydrogen-bond donors (Lipinski definition) is 0. The van der Waals surface area contributed by atoms with Gasteiger partial charge in [0, 0.05) is 11.1 Å². The third kappa shape index (κ3) is 0.786. The molecular formula is C6H5ClN2O. The van der Waals surface area contributed by atoms with Crippen LogP contribution in [0.4, 0.5) is 0 Å². The van der Waals surface area contributed by atoms with Crippen molar-refractivity contribution in [2.45, 2.75) is 13.2 Å². The van der Waals surface area contributed by atoms with Gasteiger partial charge in [0.05, 0.1) is 19.4 Å². The molecule has 0 saturated heterocycles. The summed E-state index contributed by atoms with van der Waals surface area (Å²) in [6.07, 6.45) is 1.69. The Labute approximate surface area is 63.0 Å². The average molecular weight is 157 g/mol. The number of aromatic nitrogens is 2. The van der Waals surface area contributed by atoms with Crippen molar-refractivity contribution >= 4 is 11.6 Å². The van der Waals surface area contributed by atoms with E-state index < -0.39 is 0 Å². The SMILES string of the molecule is Clc1nncc2c1COC2. The smallest absolute Gasteiger partial charge is 0.157 e. The van der Waals surface area contributed by atoms with E-state index in [1.165, 1.54) is 0 Å². The molecule has 0 N–H and O–H groups in total. The van der Waals surface area contributed by atoms with Gasteiger partial charge in [-0.05, 0) is 0 Å². The number of fused-ring (bicyclic) bond motifs is 1. The Hall–Kier alpha value is -0.670. The molecule has 1 aromatic heterocycles. The van der Waals surface area contributed by atoms with Crippen molar-refractivity contribution in [3.8, 4) is 0 Å². The van der Waals surface area contributed by atoms with Gasteiger partial charge in [0.2, 0.25) is 0 Å². The number of rotatable bonds is 0. The van der Waals surface area contributed by atoms with Crippen LogP contribution in [-0.2, 0) is 18.0 Å². The summed E-state index contributed by atoms with van der Waals surface area (Å²) < 4.78 is 5.13. The van der Waals surface area contributed by atoms with E-state index in [4.69, 9.17) is 16.3 Å². The third-order valence-corrected chi connectivity index (χ3v) is 1.80. The van der Waals surface area contributed by atoms with Crippen molar-refractivity contribution in [1.29, 1.82) is 0 Å². The maximum absolute atomic E-state index is 5.72. The van der Waals surface area contributed by atoms with Crippen LogP contribution >= 0.6 is 11.6 Å². The molecule has 1 aliphatic rings. The fourth-order valence-corrected chi connectivity index (χ4v) is 1.18. The van der Waals surface area contributed by atoms with Crippen molar-refractivity contribution in [3.05, 3.63) is 22.5 Å². The zero-order valence-electron chi connectivity index (χ0n) is 5.17. The summed E-state index contributed by atoms with van der Waals surface area (Å²) in [5.41, 5.74) is 2.04. The first kappa shape index (κ1) is 6.07. The lowest BCUT2D eigenvalue weighted by atomic mass is 10.2. The topological polar surface area (TPSA) is 35.0 Å². The van der Waals surface area contributed by atoms with E-state index in [1.807, 2.05) is 0 Å². The van der Waals surface area contributed by atoms with Gasteiger partial charge in [0.15, 0.2) is 5.15 Å². The minimum atomic E-state index is 0.468. The fourth-order valence-electron chi connectivity index (χ4n) is 0.960. The number of nitrogens with zero attached hydrogens (tertiary/aromatic N) is 2. The highest BCUT2D eigenvalue weighted by Crippen LogP contribution is 2.23. The molecule has 0 atom stereocenters. The standard InChI is InChI=1S/C6H5ClN2O/c7-6-5-3-10-2-4(5)1-8-9-6/h1H,2-3H2. The zero-order valence-corrected chi connectivity index (χ0v) is 5.93. The van der Waals surface area contributed by atoms with Gasteiger partial charge in [-0.2, -0.15) is 5.10 Å². The quantitative estimate of drug-likeness (QED) is 0.566. The molecule has 1 aromatic rings. The molecule has 10 heavy (non-hydrogen) atoms. The maximum Gasteiger partial charge on any atom is 0.157 e. The molecule has 4 heteroatoms. The summed E-state index contributed by atoms with van der Waals surface area (Å²) in [6, 6.07) is 0. The highest BCUT2D eigenvalue weighted by Gasteiger charge is 2.14. The van der Waals surface area contributed by atoms with Crippen LogP contribution in [0.3, 0.4) is 0 Å². The predicted octanol–water partition coefficient (Wildman–Crippen LogP) is 1.16. The second-order valence-corrected chi connectivity index (χ2v) is 2.49. The lowest BCUT2D eigenvalue weighted by Gasteiger charge is -1.93. The summed E-state index contributed by atoms with van der Waals surface area (Å²) in [6.45, 7) is 1.19. The molecule has 2 rings (SSSR count). The van der Waals surface area contributed by atoms with Crippen molar-refractivity contribution in [3.63, 3.8) is 0 Å². The Bertz CT molecular complexity index is 264. The number of ether oxygens (including phenoxy) is 1. The molecule has 0 aromatic carbocycles. The predicted molar refractivity (Wildman–Crippen MR) is 35.5 cm³/mol. The first-order chi connectivity index (χ1) is 4.88. The van der Waals surface area contributed by atoms with Gasteiger partial charge in [0.1, 0.15) is 0 Å². The van der Waals surface area contributed by atoms with Crippen LogP contribution < -0.4 is 0 Å². The average Bonchev–Trinajstić information content (AvgIpc) is 2.36. The van der Waals surface area contributed by atoms with Crippen molar-refractivity contribution < 1.29 is 4.74 Å². The molecule has 0 amide bonds. The lowest BCUT2D eigenvalue weighted by Crippen LogP contribution is -1.89. The molecular weight excluding hydrogens is 152 g/mol. The Morgan fingerprint density at radius 1 is 1.50 bits per heavy atom.